The Kier molecular flexibility index (Phi) is 2.25. The van der Waals surface area contributed by atoms with Crippen molar-refractivity contribution in [1.29, 1.82) is 0 Å². The second kappa shape index (κ2) is 2.85. The Morgan fingerprint density at radius 1 is 1.23 bits per heavy atom. The minimum absolute atomic E-state index is 0.354. The molecule has 2 N–H and O–H groups in total. The maximum absolute atomic E-state index is 11.5. The fraction of sp³-hybridized carbons (Fsp3) is 0.875. The van der Waals surface area contributed by atoms with Gasteiger partial charge >= 0.3 is 6.03 Å². The van der Waals surface area contributed by atoms with Crippen molar-refractivity contribution < 1.29 is 15.0 Å². The molecule has 1 saturated heterocycles. The van der Waals surface area contributed by atoms with E-state index in [1.165, 1.54) is 11.9 Å². The Balaban J connectivity index is 2.95. The highest BCUT2D eigenvalue weighted by Gasteiger charge is 2.46. The zero-order valence-electron chi connectivity index (χ0n) is 8.35. The van der Waals surface area contributed by atoms with Gasteiger partial charge in [0.25, 0.3) is 0 Å². The molecule has 0 radical (unpaired) electrons. The molecule has 1 aliphatic rings. The van der Waals surface area contributed by atoms with Crippen LogP contribution in [0, 0.1) is 0 Å². The molecule has 0 aromatic carbocycles. The van der Waals surface area contributed by atoms with Gasteiger partial charge in [0.1, 0.15) is 0 Å². The van der Waals surface area contributed by atoms with Crippen molar-refractivity contribution in [2.45, 2.75) is 38.8 Å². The van der Waals surface area contributed by atoms with E-state index >= 15 is 0 Å². The first-order valence-electron chi connectivity index (χ1n) is 4.19. The van der Waals surface area contributed by atoms with E-state index in [0.29, 0.717) is 0 Å². The fourth-order valence-corrected chi connectivity index (χ4v) is 1.41. The van der Waals surface area contributed by atoms with E-state index in [9.17, 15) is 15.0 Å². The van der Waals surface area contributed by atoms with Crippen LogP contribution < -0.4 is 0 Å². The van der Waals surface area contributed by atoms with Crippen LogP contribution in [0.5, 0.6) is 0 Å². The molecule has 0 saturated carbocycles. The third kappa shape index (κ3) is 1.49. The fourth-order valence-electron chi connectivity index (χ4n) is 1.41. The number of rotatable bonds is 0. The molecular formula is C8H16N2O3. The van der Waals surface area contributed by atoms with Gasteiger partial charge in [0.05, 0.1) is 0 Å². The molecule has 1 fully saturated rings. The minimum atomic E-state index is -1.14. The second-order valence-electron chi connectivity index (χ2n) is 4.26. The summed E-state index contributed by atoms with van der Waals surface area (Å²) in [5.74, 6) is 0. The molecule has 5 heteroatoms. The van der Waals surface area contributed by atoms with Gasteiger partial charge in [-0.3, -0.25) is 9.80 Å². The SMILES string of the molecule is CN1C(=O)N(C(C)(C)C)[C@@H](O)[C@@H]1O. The third-order valence-electron chi connectivity index (χ3n) is 2.16. The summed E-state index contributed by atoms with van der Waals surface area (Å²) in [4.78, 5) is 13.9. The van der Waals surface area contributed by atoms with Crippen LogP contribution in [0.3, 0.4) is 0 Å². The Morgan fingerprint density at radius 2 is 1.69 bits per heavy atom. The normalized spacial score (nSPS) is 30.2. The van der Waals surface area contributed by atoms with Crippen molar-refractivity contribution in [3.05, 3.63) is 0 Å². The van der Waals surface area contributed by atoms with Crippen molar-refractivity contribution in [2.75, 3.05) is 7.05 Å². The number of hydrogen-bond donors (Lipinski definition) is 2. The van der Waals surface area contributed by atoms with Crippen LogP contribution in [0.15, 0.2) is 0 Å². The largest absolute Gasteiger partial charge is 0.369 e. The second-order valence-corrected chi connectivity index (χ2v) is 4.26. The first-order valence-corrected chi connectivity index (χ1v) is 4.19. The highest BCUT2D eigenvalue weighted by atomic mass is 16.4. The maximum Gasteiger partial charge on any atom is 0.324 e. The summed E-state index contributed by atoms with van der Waals surface area (Å²) >= 11 is 0. The average Bonchev–Trinajstić information content (AvgIpc) is 2.14. The Labute approximate surface area is 77.6 Å². The predicted octanol–water partition coefficient (Wildman–Crippen LogP) is -0.211. The van der Waals surface area contributed by atoms with Crippen molar-refractivity contribution in [1.82, 2.24) is 9.80 Å². The van der Waals surface area contributed by atoms with Crippen molar-refractivity contribution in [2.24, 2.45) is 0 Å². The minimum Gasteiger partial charge on any atom is -0.369 e. The highest BCUT2D eigenvalue weighted by Crippen LogP contribution is 2.26. The zero-order valence-corrected chi connectivity index (χ0v) is 8.35. The highest BCUT2D eigenvalue weighted by molar-refractivity contribution is 5.77. The predicted molar refractivity (Wildman–Crippen MR) is 46.8 cm³/mol. The van der Waals surface area contributed by atoms with Gasteiger partial charge in [-0.15, -0.1) is 0 Å². The monoisotopic (exact) mass is 188 g/mol. The van der Waals surface area contributed by atoms with E-state index in [4.69, 9.17) is 0 Å². The first-order chi connectivity index (χ1) is 5.76. The van der Waals surface area contributed by atoms with E-state index in [2.05, 4.69) is 0 Å². The van der Waals surface area contributed by atoms with Gasteiger partial charge in [0.2, 0.25) is 0 Å². The zero-order chi connectivity index (χ0) is 10.4. The van der Waals surface area contributed by atoms with Gasteiger partial charge in [0.15, 0.2) is 12.5 Å². The summed E-state index contributed by atoms with van der Waals surface area (Å²) in [6.07, 6.45) is -2.27. The summed E-state index contributed by atoms with van der Waals surface area (Å²) in [5, 5.41) is 18.9. The van der Waals surface area contributed by atoms with Gasteiger partial charge < -0.3 is 10.2 Å². The van der Waals surface area contributed by atoms with Gasteiger partial charge in [0, 0.05) is 12.6 Å². The van der Waals surface area contributed by atoms with Gasteiger partial charge in [-0.1, -0.05) is 0 Å². The number of carbonyl (C=O) groups excluding carboxylic acids is 1. The Bertz CT molecular complexity index is 224. The summed E-state index contributed by atoms with van der Waals surface area (Å²) in [6.45, 7) is 5.42. The molecule has 0 aromatic rings. The molecule has 1 aliphatic heterocycles. The first kappa shape index (κ1) is 10.3. The summed E-state index contributed by atoms with van der Waals surface area (Å²) < 4.78 is 0. The number of urea groups is 1. The van der Waals surface area contributed by atoms with E-state index in [-0.39, 0.29) is 6.03 Å². The molecule has 2 atom stereocenters. The van der Waals surface area contributed by atoms with Crippen molar-refractivity contribution in [3.8, 4) is 0 Å². The quantitative estimate of drug-likeness (QED) is 0.553. The average molecular weight is 188 g/mol. The van der Waals surface area contributed by atoms with Crippen LogP contribution in [-0.2, 0) is 0 Å². The lowest BCUT2D eigenvalue weighted by molar-refractivity contribution is -0.0804. The van der Waals surface area contributed by atoms with Crippen LogP contribution in [0.1, 0.15) is 20.8 Å². The number of amides is 2. The molecule has 0 aliphatic carbocycles. The van der Waals surface area contributed by atoms with Crippen LogP contribution in [0.4, 0.5) is 4.79 Å². The number of nitrogens with zero attached hydrogens (tertiary/aromatic N) is 2. The van der Waals surface area contributed by atoms with E-state index in [0.717, 1.165) is 4.90 Å². The van der Waals surface area contributed by atoms with Gasteiger partial charge in [-0.2, -0.15) is 0 Å². The molecule has 0 unspecified atom stereocenters. The third-order valence-corrected chi connectivity index (χ3v) is 2.16. The van der Waals surface area contributed by atoms with Gasteiger partial charge in [-0.05, 0) is 20.8 Å². The molecule has 76 valence electrons. The van der Waals surface area contributed by atoms with Crippen LogP contribution in [-0.4, -0.2) is 51.1 Å². The number of likely N-dealkylation sites (N-methyl/N-ethyl adjacent to an activating group) is 1. The van der Waals surface area contributed by atoms with Gasteiger partial charge in [-0.25, -0.2) is 4.79 Å². The molecule has 1 rings (SSSR count). The molecule has 0 aromatic heterocycles. The lowest BCUT2D eigenvalue weighted by Crippen LogP contribution is -2.48. The lowest BCUT2D eigenvalue weighted by Gasteiger charge is -2.33. The maximum atomic E-state index is 11.5. The molecule has 1 heterocycles. The molecule has 2 amide bonds. The Morgan fingerprint density at radius 3 is 1.85 bits per heavy atom. The molecule has 0 spiro atoms. The van der Waals surface area contributed by atoms with E-state index < -0.39 is 18.0 Å². The summed E-state index contributed by atoms with van der Waals surface area (Å²) in [7, 11) is 1.46. The number of carbonyl (C=O) groups is 1. The van der Waals surface area contributed by atoms with E-state index in [1.807, 2.05) is 0 Å². The van der Waals surface area contributed by atoms with Crippen LogP contribution in [0.2, 0.25) is 0 Å². The molecule has 5 nitrogen and oxygen atoms in total. The van der Waals surface area contributed by atoms with Crippen LogP contribution >= 0.6 is 0 Å². The molecular weight excluding hydrogens is 172 g/mol. The molecule has 0 bridgehead atoms. The van der Waals surface area contributed by atoms with E-state index in [1.54, 1.807) is 20.8 Å². The van der Waals surface area contributed by atoms with Crippen LogP contribution in [0.25, 0.3) is 0 Å². The number of aliphatic hydroxyl groups is 2. The standard InChI is InChI=1S/C8H16N2O3/c1-8(2,3)10-6(12)5(11)9(4)7(10)13/h5-6,11-12H,1-4H3/t5-,6-/m0/s1. The summed E-state index contributed by atoms with van der Waals surface area (Å²) in [5.41, 5.74) is -0.484. The number of hydrogen-bond acceptors (Lipinski definition) is 3. The summed E-state index contributed by atoms with van der Waals surface area (Å²) in [6, 6.07) is -0.354. The lowest BCUT2D eigenvalue weighted by atomic mass is 10.1. The van der Waals surface area contributed by atoms with Crippen molar-refractivity contribution in [3.63, 3.8) is 0 Å². The van der Waals surface area contributed by atoms with Crippen molar-refractivity contribution >= 4 is 6.03 Å². The smallest absolute Gasteiger partial charge is 0.324 e. The molecule has 13 heavy (non-hydrogen) atoms. The number of aliphatic hydroxyl groups excluding tert-OH is 2. The Hall–Kier alpha value is -0.810. The topological polar surface area (TPSA) is 64.0 Å².